The van der Waals surface area contributed by atoms with Gasteiger partial charge >= 0.3 is 5.97 Å². The molecular formula is C19H17ClN2O4. The number of benzene rings is 2. The van der Waals surface area contributed by atoms with Crippen molar-refractivity contribution in [3.63, 3.8) is 0 Å². The third-order valence-electron chi connectivity index (χ3n) is 3.31. The highest BCUT2D eigenvalue weighted by atomic mass is 35.5. The molecule has 0 atom stereocenters. The molecule has 2 aromatic carbocycles. The molecule has 0 aromatic heterocycles. The molecule has 1 N–H and O–H groups in total. The molecule has 0 aliphatic carbocycles. The summed E-state index contributed by atoms with van der Waals surface area (Å²) in [6.45, 7) is -0.572. The van der Waals surface area contributed by atoms with Crippen molar-refractivity contribution >= 4 is 23.5 Å². The first-order valence-corrected chi connectivity index (χ1v) is 8.25. The van der Waals surface area contributed by atoms with Crippen LogP contribution in [0.4, 0.5) is 0 Å². The number of amides is 1. The molecule has 0 saturated heterocycles. The third-order valence-corrected chi connectivity index (χ3v) is 3.60. The molecule has 1 amide bonds. The van der Waals surface area contributed by atoms with Crippen LogP contribution in [-0.2, 0) is 14.3 Å². The predicted octanol–water partition coefficient (Wildman–Crippen LogP) is 2.96. The summed E-state index contributed by atoms with van der Waals surface area (Å²) >= 11 is 6.19. The molecular weight excluding hydrogens is 356 g/mol. The molecule has 0 fully saturated rings. The summed E-state index contributed by atoms with van der Waals surface area (Å²) in [6, 6.07) is 16.9. The fraction of sp³-hybridized carbons (Fsp3) is 0.211. The van der Waals surface area contributed by atoms with Crippen molar-refractivity contribution in [2.45, 2.75) is 6.42 Å². The van der Waals surface area contributed by atoms with E-state index >= 15 is 0 Å². The first-order valence-electron chi connectivity index (χ1n) is 7.87. The quantitative estimate of drug-likeness (QED) is 0.568. The second-order valence-corrected chi connectivity index (χ2v) is 5.63. The number of carbonyl (C=O) groups is 2. The van der Waals surface area contributed by atoms with Crippen LogP contribution in [0.3, 0.4) is 0 Å². The van der Waals surface area contributed by atoms with Gasteiger partial charge in [-0.05, 0) is 23.3 Å². The zero-order valence-electron chi connectivity index (χ0n) is 13.9. The minimum atomic E-state index is -0.691. The van der Waals surface area contributed by atoms with Gasteiger partial charge in [0.05, 0.1) is 17.5 Å². The van der Waals surface area contributed by atoms with E-state index in [4.69, 9.17) is 26.3 Å². The molecule has 0 bridgehead atoms. The van der Waals surface area contributed by atoms with Crippen molar-refractivity contribution in [3.8, 4) is 22.9 Å². The number of nitrogens with zero attached hydrogens (tertiary/aromatic N) is 1. The van der Waals surface area contributed by atoms with Gasteiger partial charge in [-0.2, -0.15) is 5.26 Å². The largest absolute Gasteiger partial charge is 0.480 e. The summed E-state index contributed by atoms with van der Waals surface area (Å²) in [5.41, 5.74) is 1.95. The van der Waals surface area contributed by atoms with E-state index in [1.165, 1.54) is 0 Å². The number of esters is 1. The zero-order valence-corrected chi connectivity index (χ0v) is 14.7. The van der Waals surface area contributed by atoms with Crippen molar-refractivity contribution in [3.05, 3.63) is 53.6 Å². The lowest BCUT2D eigenvalue weighted by atomic mass is 10.1. The Labute approximate surface area is 156 Å². The van der Waals surface area contributed by atoms with E-state index in [0.29, 0.717) is 10.8 Å². The Hall–Kier alpha value is -3.04. The highest BCUT2D eigenvalue weighted by Crippen LogP contribution is 2.30. The van der Waals surface area contributed by atoms with Crippen LogP contribution in [-0.4, -0.2) is 31.6 Å². The fourth-order valence-electron chi connectivity index (χ4n) is 2.06. The maximum Gasteiger partial charge on any atom is 0.344 e. The molecule has 0 aliphatic heterocycles. The van der Waals surface area contributed by atoms with Crippen molar-refractivity contribution < 1.29 is 19.1 Å². The van der Waals surface area contributed by atoms with E-state index in [9.17, 15) is 9.59 Å². The van der Waals surface area contributed by atoms with Crippen molar-refractivity contribution in [1.82, 2.24) is 5.32 Å². The number of ether oxygens (including phenoxy) is 2. The lowest BCUT2D eigenvalue weighted by Crippen LogP contribution is -2.30. The summed E-state index contributed by atoms with van der Waals surface area (Å²) in [5, 5.41) is 11.2. The second-order valence-electron chi connectivity index (χ2n) is 5.22. The van der Waals surface area contributed by atoms with Gasteiger partial charge in [0.2, 0.25) is 0 Å². The zero-order chi connectivity index (χ0) is 18.8. The van der Waals surface area contributed by atoms with Gasteiger partial charge in [-0.25, -0.2) is 4.79 Å². The van der Waals surface area contributed by atoms with Crippen LogP contribution in [0.2, 0.25) is 5.02 Å². The second kappa shape index (κ2) is 10.1. The molecule has 7 heteroatoms. The lowest BCUT2D eigenvalue weighted by molar-refractivity contribution is -0.150. The number of hydrogen-bond donors (Lipinski definition) is 1. The van der Waals surface area contributed by atoms with E-state index < -0.39 is 18.5 Å². The van der Waals surface area contributed by atoms with Crippen molar-refractivity contribution in [1.29, 1.82) is 5.26 Å². The standard InChI is InChI=1S/C19H17ClN2O4/c20-16-11-15(14-5-2-1-3-6-14)7-8-17(16)25-13-19(24)26-12-18(23)22-10-4-9-21/h1-3,5-8,11H,4,10,12-13H2,(H,22,23). The third kappa shape index (κ3) is 6.11. The molecule has 0 radical (unpaired) electrons. The van der Waals surface area contributed by atoms with Crippen LogP contribution in [0.1, 0.15) is 6.42 Å². The van der Waals surface area contributed by atoms with Gasteiger partial charge in [-0.1, -0.05) is 48.0 Å². The first-order chi connectivity index (χ1) is 12.6. The molecule has 0 aliphatic rings. The van der Waals surface area contributed by atoms with E-state index in [1.54, 1.807) is 12.1 Å². The smallest absolute Gasteiger partial charge is 0.344 e. The Morgan fingerprint density at radius 1 is 1.08 bits per heavy atom. The number of rotatable bonds is 8. The van der Waals surface area contributed by atoms with Crippen molar-refractivity contribution in [2.24, 2.45) is 0 Å². The van der Waals surface area contributed by atoms with Crippen LogP contribution in [0.15, 0.2) is 48.5 Å². The summed E-state index contributed by atoms with van der Waals surface area (Å²) in [6.07, 6.45) is 0.195. The van der Waals surface area contributed by atoms with Crippen LogP contribution >= 0.6 is 11.6 Å². The molecule has 6 nitrogen and oxygen atoms in total. The average Bonchev–Trinajstić information content (AvgIpc) is 2.66. The summed E-state index contributed by atoms with van der Waals surface area (Å²) in [7, 11) is 0. The average molecular weight is 373 g/mol. The normalized spacial score (nSPS) is 9.85. The van der Waals surface area contributed by atoms with Crippen LogP contribution in [0.5, 0.6) is 5.75 Å². The molecule has 2 rings (SSSR count). The van der Waals surface area contributed by atoms with Crippen molar-refractivity contribution in [2.75, 3.05) is 19.8 Å². The monoisotopic (exact) mass is 372 g/mol. The molecule has 0 unspecified atom stereocenters. The van der Waals surface area contributed by atoms with Gasteiger partial charge in [-0.15, -0.1) is 0 Å². The summed E-state index contributed by atoms with van der Waals surface area (Å²) in [5.74, 6) is -0.816. The topological polar surface area (TPSA) is 88.4 Å². The van der Waals surface area contributed by atoms with Gasteiger partial charge in [0.15, 0.2) is 13.2 Å². The summed E-state index contributed by atoms with van der Waals surface area (Å²) in [4.78, 5) is 23.0. The first kappa shape index (κ1) is 19.3. The van der Waals surface area contributed by atoms with Gasteiger partial charge in [0.1, 0.15) is 5.75 Å². The number of nitrogens with one attached hydrogen (secondary N) is 1. The Kier molecular flexibility index (Phi) is 7.47. The predicted molar refractivity (Wildman–Crippen MR) is 96.6 cm³/mol. The number of hydrogen-bond acceptors (Lipinski definition) is 5. The van der Waals surface area contributed by atoms with Crippen LogP contribution in [0.25, 0.3) is 11.1 Å². The Morgan fingerprint density at radius 3 is 2.54 bits per heavy atom. The number of halogens is 1. The van der Waals surface area contributed by atoms with Gasteiger partial charge < -0.3 is 14.8 Å². The van der Waals surface area contributed by atoms with E-state index in [1.807, 2.05) is 42.5 Å². The highest BCUT2D eigenvalue weighted by Gasteiger charge is 2.10. The summed E-state index contributed by atoms with van der Waals surface area (Å²) < 4.78 is 10.1. The maximum absolute atomic E-state index is 11.6. The Bertz CT molecular complexity index is 803. The maximum atomic E-state index is 11.6. The Morgan fingerprint density at radius 2 is 1.85 bits per heavy atom. The SMILES string of the molecule is N#CCCNC(=O)COC(=O)COc1ccc(-c2ccccc2)cc1Cl. The number of nitriles is 1. The minimum Gasteiger partial charge on any atom is -0.480 e. The van der Waals surface area contributed by atoms with Gasteiger partial charge in [0.25, 0.3) is 5.91 Å². The molecule has 0 saturated carbocycles. The molecule has 0 spiro atoms. The van der Waals surface area contributed by atoms with E-state index in [-0.39, 0.29) is 19.6 Å². The minimum absolute atomic E-state index is 0.195. The number of carbonyl (C=O) groups excluding carboxylic acids is 2. The van der Waals surface area contributed by atoms with Gasteiger partial charge in [-0.3, -0.25) is 4.79 Å². The van der Waals surface area contributed by atoms with Crippen LogP contribution < -0.4 is 10.1 Å². The fourth-order valence-corrected chi connectivity index (χ4v) is 2.30. The van der Waals surface area contributed by atoms with Gasteiger partial charge in [0, 0.05) is 6.54 Å². The lowest BCUT2D eigenvalue weighted by Gasteiger charge is -2.10. The molecule has 134 valence electrons. The molecule has 0 heterocycles. The van der Waals surface area contributed by atoms with Crippen LogP contribution in [0, 0.1) is 11.3 Å². The molecule has 26 heavy (non-hydrogen) atoms. The Balaban J connectivity index is 1.81. The highest BCUT2D eigenvalue weighted by molar-refractivity contribution is 6.32. The van der Waals surface area contributed by atoms with E-state index in [0.717, 1.165) is 11.1 Å². The molecule has 2 aromatic rings. The van der Waals surface area contributed by atoms with E-state index in [2.05, 4.69) is 5.32 Å².